The Hall–Kier alpha value is -4.39. The first-order valence-electron chi connectivity index (χ1n) is 15.0. The molecule has 1 aliphatic rings. The Labute approximate surface area is 248 Å². The zero-order valence-electron chi connectivity index (χ0n) is 24.9. The number of ether oxygens (including phenoxy) is 1. The number of carbonyl (C=O) groups is 2. The van der Waals surface area contributed by atoms with E-state index in [0.717, 1.165) is 59.5 Å². The van der Waals surface area contributed by atoms with Crippen LogP contribution in [-0.4, -0.2) is 41.3 Å². The summed E-state index contributed by atoms with van der Waals surface area (Å²) in [7, 11) is 0. The molecule has 2 heterocycles. The first-order chi connectivity index (χ1) is 20.4. The van der Waals surface area contributed by atoms with Crippen molar-refractivity contribution in [2.45, 2.75) is 59.4 Å². The lowest BCUT2D eigenvalue weighted by Gasteiger charge is -2.31. The fraction of sp³-hybridized carbons (Fsp3) is 0.343. The number of anilines is 1. The third-order valence-electron chi connectivity index (χ3n) is 7.91. The molecule has 1 aromatic heterocycles. The Morgan fingerprint density at radius 3 is 2.74 bits per heavy atom. The van der Waals surface area contributed by atoms with Gasteiger partial charge in [0.1, 0.15) is 5.75 Å². The molecule has 0 bridgehead atoms. The van der Waals surface area contributed by atoms with Crippen LogP contribution in [0, 0.1) is 13.8 Å². The van der Waals surface area contributed by atoms with Crippen LogP contribution >= 0.6 is 0 Å². The Morgan fingerprint density at radius 2 is 1.88 bits per heavy atom. The molecule has 0 unspecified atom stereocenters. The summed E-state index contributed by atoms with van der Waals surface area (Å²) >= 11 is 0. The average Bonchev–Trinajstić information content (AvgIpc) is 3.47. The predicted molar refractivity (Wildman–Crippen MR) is 167 cm³/mol. The lowest BCUT2D eigenvalue weighted by Crippen LogP contribution is -2.35. The summed E-state index contributed by atoms with van der Waals surface area (Å²) in [6.45, 7) is 8.66. The van der Waals surface area contributed by atoms with E-state index in [1.807, 2.05) is 71.4 Å². The van der Waals surface area contributed by atoms with Gasteiger partial charge in [-0.1, -0.05) is 43.3 Å². The molecule has 3 aromatic carbocycles. The van der Waals surface area contributed by atoms with Crippen LogP contribution in [0.2, 0.25) is 0 Å². The summed E-state index contributed by atoms with van der Waals surface area (Å²) in [5, 5.41) is 7.56. The minimum Gasteiger partial charge on any atom is -0.493 e. The topological polar surface area (TPSA) is 76.5 Å². The second-order valence-electron chi connectivity index (χ2n) is 11.0. The number of aryl methyl sites for hydroxylation is 1. The Balaban J connectivity index is 1.24. The Bertz CT molecular complexity index is 1560. The molecular formula is C35H40N4O3. The van der Waals surface area contributed by atoms with E-state index in [0.29, 0.717) is 38.1 Å². The maximum absolute atomic E-state index is 13.3. The Kier molecular flexibility index (Phi) is 9.37. The summed E-state index contributed by atoms with van der Waals surface area (Å²) in [6, 6.07) is 20.0. The molecule has 7 nitrogen and oxygen atoms in total. The maximum Gasteiger partial charge on any atom is 0.251 e. The molecule has 0 spiro atoms. The highest BCUT2D eigenvalue weighted by molar-refractivity contribution is 5.96. The number of carbonyl (C=O) groups excluding carboxylic acids is 2. The second-order valence-corrected chi connectivity index (χ2v) is 11.0. The van der Waals surface area contributed by atoms with Crippen molar-refractivity contribution in [2.75, 3.05) is 24.6 Å². The fourth-order valence-electron chi connectivity index (χ4n) is 5.50. The van der Waals surface area contributed by atoms with Crippen LogP contribution in [0.3, 0.4) is 0 Å². The second kappa shape index (κ2) is 13.5. The van der Waals surface area contributed by atoms with Gasteiger partial charge in [-0.15, -0.1) is 0 Å². The zero-order chi connectivity index (χ0) is 29.5. The van der Waals surface area contributed by atoms with Gasteiger partial charge in [0.25, 0.3) is 5.91 Å². The molecule has 42 heavy (non-hydrogen) atoms. The van der Waals surface area contributed by atoms with Gasteiger partial charge < -0.3 is 15.0 Å². The van der Waals surface area contributed by atoms with Crippen LogP contribution in [0.1, 0.15) is 65.2 Å². The highest BCUT2D eigenvalue weighted by Crippen LogP contribution is 2.36. The molecule has 7 heteroatoms. The van der Waals surface area contributed by atoms with Crippen molar-refractivity contribution < 1.29 is 14.3 Å². The van der Waals surface area contributed by atoms with Crippen LogP contribution in [0.25, 0.3) is 11.1 Å². The van der Waals surface area contributed by atoms with E-state index in [4.69, 9.17) is 4.74 Å². The van der Waals surface area contributed by atoms with Crippen LogP contribution in [0.15, 0.2) is 73.1 Å². The van der Waals surface area contributed by atoms with Crippen molar-refractivity contribution in [3.8, 4) is 16.9 Å². The third kappa shape index (κ3) is 6.73. The lowest BCUT2D eigenvalue weighted by molar-refractivity contribution is -0.118. The van der Waals surface area contributed by atoms with Gasteiger partial charge in [-0.25, -0.2) is 0 Å². The van der Waals surface area contributed by atoms with Crippen molar-refractivity contribution in [3.05, 3.63) is 101 Å². The molecule has 4 aromatic rings. The van der Waals surface area contributed by atoms with Gasteiger partial charge in [0.15, 0.2) is 0 Å². The largest absolute Gasteiger partial charge is 0.493 e. The van der Waals surface area contributed by atoms with Crippen molar-refractivity contribution >= 4 is 17.5 Å². The van der Waals surface area contributed by atoms with Crippen molar-refractivity contribution in [3.63, 3.8) is 0 Å². The maximum atomic E-state index is 13.3. The molecule has 2 amide bonds. The van der Waals surface area contributed by atoms with E-state index in [1.165, 1.54) is 11.1 Å². The van der Waals surface area contributed by atoms with Gasteiger partial charge in [0.2, 0.25) is 5.91 Å². The number of fused-ring (bicyclic) bond motifs is 1. The van der Waals surface area contributed by atoms with Crippen LogP contribution in [-0.2, 0) is 17.8 Å². The number of rotatable bonds is 11. The molecule has 5 rings (SSSR count). The third-order valence-corrected chi connectivity index (χ3v) is 7.91. The number of nitrogens with one attached hydrogen (secondary N) is 1. The van der Waals surface area contributed by atoms with E-state index in [-0.39, 0.29) is 11.8 Å². The van der Waals surface area contributed by atoms with E-state index in [2.05, 4.69) is 42.5 Å². The number of hydrogen-bond donors (Lipinski definition) is 1. The number of amides is 2. The van der Waals surface area contributed by atoms with Crippen LogP contribution in [0.4, 0.5) is 5.69 Å². The SMILES string of the molecule is CCCNC(=O)c1cccc(Cn2cc(-c3cccc4c3CCCN4C(=O)CCCOc3cccc(C)c3C)cn2)c1. The fourth-order valence-corrected chi connectivity index (χ4v) is 5.50. The summed E-state index contributed by atoms with van der Waals surface area (Å²) in [5.74, 6) is 0.973. The molecule has 0 saturated heterocycles. The van der Waals surface area contributed by atoms with Crippen LogP contribution < -0.4 is 15.0 Å². The van der Waals surface area contributed by atoms with Gasteiger partial charge in [0, 0.05) is 42.5 Å². The summed E-state index contributed by atoms with van der Waals surface area (Å²) in [5.41, 5.74) is 8.36. The normalized spacial score (nSPS) is 12.6. The molecule has 0 fully saturated rings. The minimum absolute atomic E-state index is 0.0521. The first-order valence-corrected chi connectivity index (χ1v) is 15.0. The van der Waals surface area contributed by atoms with E-state index in [9.17, 15) is 9.59 Å². The van der Waals surface area contributed by atoms with Gasteiger partial charge in [-0.05, 0) is 91.6 Å². The predicted octanol–water partition coefficient (Wildman–Crippen LogP) is 6.49. The lowest BCUT2D eigenvalue weighted by atomic mass is 9.93. The van der Waals surface area contributed by atoms with Crippen molar-refractivity contribution in [2.24, 2.45) is 0 Å². The van der Waals surface area contributed by atoms with Crippen molar-refractivity contribution in [1.82, 2.24) is 15.1 Å². The number of aromatic nitrogens is 2. The molecule has 0 radical (unpaired) electrons. The quantitative estimate of drug-likeness (QED) is 0.211. The molecule has 1 aliphatic heterocycles. The van der Waals surface area contributed by atoms with Gasteiger partial charge in [-0.2, -0.15) is 5.10 Å². The van der Waals surface area contributed by atoms with Crippen molar-refractivity contribution in [1.29, 1.82) is 0 Å². The standard InChI is InChI=1S/C35H40N4O3/c1-4-18-36-35(41)28-12-6-11-27(21-28)23-38-24-29(22-37-38)30-13-7-15-32-31(30)14-8-19-39(32)34(40)17-9-20-42-33-16-5-10-25(2)26(33)3/h5-7,10-13,15-16,21-22,24H,4,8-9,14,17-20,23H2,1-3H3,(H,36,41). The smallest absolute Gasteiger partial charge is 0.251 e. The van der Waals surface area contributed by atoms with Gasteiger partial charge >= 0.3 is 0 Å². The Morgan fingerprint density at radius 1 is 1.05 bits per heavy atom. The summed E-state index contributed by atoms with van der Waals surface area (Å²) in [6.07, 6.45) is 7.80. The molecular weight excluding hydrogens is 524 g/mol. The minimum atomic E-state index is -0.0521. The van der Waals surface area contributed by atoms with Gasteiger partial charge in [0.05, 0.1) is 19.3 Å². The summed E-state index contributed by atoms with van der Waals surface area (Å²) in [4.78, 5) is 27.6. The van der Waals surface area contributed by atoms with E-state index in [1.54, 1.807) is 0 Å². The molecule has 0 aliphatic carbocycles. The first kappa shape index (κ1) is 29.1. The number of nitrogens with zero attached hydrogens (tertiary/aromatic N) is 3. The van der Waals surface area contributed by atoms with E-state index < -0.39 is 0 Å². The molecule has 1 N–H and O–H groups in total. The molecule has 218 valence electrons. The highest BCUT2D eigenvalue weighted by Gasteiger charge is 2.24. The van der Waals surface area contributed by atoms with Gasteiger partial charge in [-0.3, -0.25) is 14.3 Å². The average molecular weight is 565 g/mol. The monoisotopic (exact) mass is 564 g/mol. The number of benzene rings is 3. The van der Waals surface area contributed by atoms with Crippen LogP contribution in [0.5, 0.6) is 5.75 Å². The molecule has 0 saturated carbocycles. The number of hydrogen-bond acceptors (Lipinski definition) is 4. The molecule has 0 atom stereocenters. The zero-order valence-corrected chi connectivity index (χ0v) is 24.9. The summed E-state index contributed by atoms with van der Waals surface area (Å²) < 4.78 is 7.88. The highest BCUT2D eigenvalue weighted by atomic mass is 16.5. The van der Waals surface area contributed by atoms with E-state index >= 15 is 0 Å².